The maximum Gasteiger partial charge on any atom is 0.262 e. The van der Waals surface area contributed by atoms with Crippen molar-refractivity contribution in [1.82, 2.24) is 4.98 Å². The van der Waals surface area contributed by atoms with Gasteiger partial charge >= 0.3 is 0 Å². The summed E-state index contributed by atoms with van der Waals surface area (Å²) in [5.41, 5.74) is 1.21. The van der Waals surface area contributed by atoms with E-state index >= 15 is 0 Å². The van der Waals surface area contributed by atoms with E-state index in [4.69, 9.17) is 0 Å². The summed E-state index contributed by atoms with van der Waals surface area (Å²) in [6.07, 6.45) is 0.676. The lowest BCUT2D eigenvalue weighted by Crippen LogP contribution is -2.49. The number of anilines is 2. The maximum absolute atomic E-state index is 14.1. The fraction of sp³-hybridized carbons (Fsp3) is 0.294. The third-order valence-corrected chi connectivity index (χ3v) is 4.48. The normalized spacial score (nSPS) is 14.5. The van der Waals surface area contributed by atoms with Crippen LogP contribution in [0.15, 0.2) is 34.9 Å². The van der Waals surface area contributed by atoms with E-state index in [-0.39, 0.29) is 18.7 Å². The second kappa shape index (κ2) is 6.47. The fourth-order valence-electron chi connectivity index (χ4n) is 2.70. The van der Waals surface area contributed by atoms with Crippen LogP contribution in [0.25, 0.3) is 0 Å². The van der Waals surface area contributed by atoms with Crippen molar-refractivity contribution < 1.29 is 13.6 Å². The Kier molecular flexibility index (Phi) is 4.54. The highest BCUT2D eigenvalue weighted by atomic mass is 79.9. The van der Waals surface area contributed by atoms with Crippen molar-refractivity contribution in [2.75, 3.05) is 29.9 Å². The van der Waals surface area contributed by atoms with Gasteiger partial charge in [0.15, 0.2) is 5.82 Å². The largest absolute Gasteiger partial charge is 0.363 e. The third kappa shape index (κ3) is 3.00. The molecule has 1 aromatic carbocycles. The SMILES string of the molecule is Cc1cccc(F)c1C(=O)N(C)c1ncc(Br)cc1N1CC(F)C1. The summed E-state index contributed by atoms with van der Waals surface area (Å²) >= 11 is 3.34. The van der Waals surface area contributed by atoms with Crippen LogP contribution in [-0.2, 0) is 0 Å². The van der Waals surface area contributed by atoms with Gasteiger partial charge in [-0.25, -0.2) is 13.8 Å². The molecule has 3 rings (SSSR count). The minimum atomic E-state index is -0.883. The molecule has 0 atom stereocenters. The quantitative estimate of drug-likeness (QED) is 0.794. The number of aromatic nitrogens is 1. The molecule has 2 heterocycles. The molecule has 1 fully saturated rings. The molecule has 0 saturated carbocycles. The van der Waals surface area contributed by atoms with E-state index in [9.17, 15) is 13.6 Å². The molecule has 4 nitrogen and oxygen atoms in total. The second-order valence-corrected chi connectivity index (χ2v) is 6.71. The number of rotatable bonds is 3. The number of alkyl halides is 1. The van der Waals surface area contributed by atoms with Crippen LogP contribution in [0.3, 0.4) is 0 Å². The number of aryl methyl sites for hydroxylation is 1. The van der Waals surface area contributed by atoms with Crippen molar-refractivity contribution in [1.29, 1.82) is 0 Å². The van der Waals surface area contributed by atoms with Crippen LogP contribution in [0.4, 0.5) is 20.3 Å². The molecule has 1 amide bonds. The number of carbonyl (C=O) groups excluding carboxylic acids is 1. The first-order chi connectivity index (χ1) is 11.4. The smallest absolute Gasteiger partial charge is 0.262 e. The van der Waals surface area contributed by atoms with E-state index in [1.807, 2.05) is 0 Å². The molecule has 126 valence electrons. The summed E-state index contributed by atoms with van der Waals surface area (Å²) in [6, 6.07) is 6.29. The summed E-state index contributed by atoms with van der Waals surface area (Å²) in [7, 11) is 1.54. The van der Waals surface area contributed by atoms with Crippen molar-refractivity contribution in [3.05, 3.63) is 51.9 Å². The van der Waals surface area contributed by atoms with Crippen LogP contribution in [0.5, 0.6) is 0 Å². The molecule has 1 aliphatic rings. The summed E-state index contributed by atoms with van der Waals surface area (Å²) in [5, 5.41) is 0. The van der Waals surface area contributed by atoms with Gasteiger partial charge in [0.2, 0.25) is 0 Å². The Morgan fingerprint density at radius 1 is 1.42 bits per heavy atom. The Morgan fingerprint density at radius 2 is 2.12 bits per heavy atom. The molecule has 24 heavy (non-hydrogen) atoms. The van der Waals surface area contributed by atoms with Crippen molar-refractivity contribution >= 4 is 33.3 Å². The zero-order valence-electron chi connectivity index (χ0n) is 13.3. The van der Waals surface area contributed by atoms with E-state index in [1.165, 1.54) is 11.0 Å². The van der Waals surface area contributed by atoms with Gasteiger partial charge in [0.25, 0.3) is 5.91 Å². The van der Waals surface area contributed by atoms with Crippen LogP contribution in [0, 0.1) is 12.7 Å². The standard InChI is InChI=1S/C17H16BrF2N3O/c1-10-4-3-5-13(20)15(10)17(24)22(2)16-14(6-11(18)7-21-16)23-8-12(19)9-23/h3-7,12H,8-9H2,1-2H3. The fourth-order valence-corrected chi connectivity index (χ4v) is 3.02. The highest BCUT2D eigenvalue weighted by molar-refractivity contribution is 9.10. The lowest BCUT2D eigenvalue weighted by Gasteiger charge is -2.38. The van der Waals surface area contributed by atoms with Crippen LogP contribution < -0.4 is 9.80 Å². The van der Waals surface area contributed by atoms with Gasteiger partial charge in [-0.2, -0.15) is 0 Å². The average Bonchev–Trinajstić information content (AvgIpc) is 2.51. The van der Waals surface area contributed by atoms with Crippen molar-refractivity contribution in [3.8, 4) is 0 Å². The number of hydrogen-bond donors (Lipinski definition) is 0. The van der Waals surface area contributed by atoms with Gasteiger partial charge in [-0.15, -0.1) is 0 Å². The number of hydrogen-bond acceptors (Lipinski definition) is 3. The third-order valence-electron chi connectivity index (χ3n) is 4.05. The Bertz CT molecular complexity index is 773. The number of carbonyl (C=O) groups is 1. The summed E-state index contributed by atoms with van der Waals surface area (Å²) < 4.78 is 28.0. The Balaban J connectivity index is 1.98. The van der Waals surface area contributed by atoms with E-state index in [0.717, 1.165) is 4.47 Å². The van der Waals surface area contributed by atoms with Gasteiger partial charge in [0.05, 0.1) is 24.3 Å². The first-order valence-corrected chi connectivity index (χ1v) is 8.25. The van der Waals surface area contributed by atoms with Crippen molar-refractivity contribution in [2.45, 2.75) is 13.1 Å². The first kappa shape index (κ1) is 16.8. The Labute approximate surface area is 147 Å². The zero-order valence-corrected chi connectivity index (χ0v) is 14.8. The van der Waals surface area contributed by atoms with Gasteiger partial charge in [-0.3, -0.25) is 9.69 Å². The molecule has 1 aliphatic heterocycles. The van der Waals surface area contributed by atoms with Gasteiger partial charge in [-0.05, 0) is 40.5 Å². The molecule has 0 N–H and O–H groups in total. The lowest BCUT2D eigenvalue weighted by molar-refractivity contribution is 0.0988. The highest BCUT2D eigenvalue weighted by Crippen LogP contribution is 2.34. The monoisotopic (exact) mass is 395 g/mol. The zero-order chi connectivity index (χ0) is 17.4. The molecule has 7 heteroatoms. The molecule has 0 aliphatic carbocycles. The summed E-state index contributed by atoms with van der Waals surface area (Å²) in [5.74, 6) is -0.685. The minimum absolute atomic E-state index is 0.0163. The Hall–Kier alpha value is -2.02. The van der Waals surface area contributed by atoms with E-state index in [0.29, 0.717) is 17.1 Å². The van der Waals surface area contributed by atoms with E-state index in [1.54, 1.807) is 43.3 Å². The van der Waals surface area contributed by atoms with Crippen LogP contribution >= 0.6 is 15.9 Å². The second-order valence-electron chi connectivity index (χ2n) is 5.79. The van der Waals surface area contributed by atoms with E-state index < -0.39 is 17.9 Å². The Morgan fingerprint density at radius 3 is 2.75 bits per heavy atom. The summed E-state index contributed by atoms with van der Waals surface area (Å²) in [6.45, 7) is 2.20. The average molecular weight is 396 g/mol. The molecule has 0 unspecified atom stereocenters. The van der Waals surface area contributed by atoms with Gasteiger partial charge in [0, 0.05) is 17.7 Å². The number of nitrogens with zero attached hydrogens (tertiary/aromatic N) is 3. The molecular formula is C17H16BrF2N3O. The van der Waals surface area contributed by atoms with Crippen LogP contribution in [0.2, 0.25) is 0 Å². The summed E-state index contributed by atoms with van der Waals surface area (Å²) in [4.78, 5) is 20.1. The predicted octanol–water partition coefficient (Wildman–Crippen LogP) is 3.73. The topological polar surface area (TPSA) is 36.4 Å². The number of amides is 1. The molecule has 2 aromatic rings. The molecule has 1 saturated heterocycles. The molecule has 0 radical (unpaired) electrons. The van der Waals surface area contributed by atoms with Crippen LogP contribution in [0.1, 0.15) is 15.9 Å². The van der Waals surface area contributed by atoms with Gasteiger partial charge in [-0.1, -0.05) is 12.1 Å². The number of benzene rings is 1. The van der Waals surface area contributed by atoms with Crippen LogP contribution in [-0.4, -0.2) is 37.2 Å². The van der Waals surface area contributed by atoms with Gasteiger partial charge < -0.3 is 4.90 Å². The first-order valence-electron chi connectivity index (χ1n) is 7.46. The van der Waals surface area contributed by atoms with E-state index in [2.05, 4.69) is 20.9 Å². The van der Waals surface area contributed by atoms with Crippen molar-refractivity contribution in [3.63, 3.8) is 0 Å². The van der Waals surface area contributed by atoms with Gasteiger partial charge in [0.1, 0.15) is 12.0 Å². The number of halogens is 3. The van der Waals surface area contributed by atoms with Crippen molar-refractivity contribution in [2.24, 2.45) is 0 Å². The molecule has 0 spiro atoms. The predicted molar refractivity (Wildman–Crippen MR) is 92.9 cm³/mol. The highest BCUT2D eigenvalue weighted by Gasteiger charge is 2.31. The maximum atomic E-state index is 14.1. The number of pyridine rings is 1. The molecule has 1 aromatic heterocycles. The minimum Gasteiger partial charge on any atom is -0.363 e. The molecule has 0 bridgehead atoms. The molecular weight excluding hydrogens is 380 g/mol. The lowest BCUT2D eigenvalue weighted by atomic mass is 10.1.